The Kier molecular flexibility index (Phi) is 3.68. The van der Waals surface area contributed by atoms with E-state index in [2.05, 4.69) is 10.1 Å². The first-order valence-corrected chi connectivity index (χ1v) is 7.05. The Labute approximate surface area is 116 Å². The second-order valence-corrected chi connectivity index (χ2v) is 5.12. The van der Waals surface area contributed by atoms with Crippen LogP contribution in [-0.2, 0) is 0 Å². The van der Waals surface area contributed by atoms with Crippen molar-refractivity contribution < 1.29 is 0 Å². The third kappa shape index (κ3) is 2.26. The fourth-order valence-corrected chi connectivity index (χ4v) is 2.78. The lowest BCUT2D eigenvalue weighted by Gasteiger charge is -2.12. The molecular weight excluding hydrogens is 264 g/mol. The molecule has 0 amide bonds. The Morgan fingerprint density at radius 2 is 2.11 bits per heavy atom. The van der Waals surface area contributed by atoms with Crippen LogP contribution in [-0.4, -0.2) is 26.0 Å². The molecule has 0 radical (unpaired) electrons. The Morgan fingerprint density at radius 1 is 1.39 bits per heavy atom. The number of rotatable bonds is 3. The maximum atomic E-state index is 5.84. The Bertz CT molecular complexity index is 604. The zero-order chi connectivity index (χ0) is 13.3. The number of hydrogen-bond acceptors (Lipinski definition) is 4. The van der Waals surface area contributed by atoms with Gasteiger partial charge in [-0.3, -0.25) is 0 Å². The lowest BCUT2D eigenvalue weighted by atomic mass is 10.1. The molecule has 2 aromatic rings. The fraction of sp³-hybridized carbons (Fsp3) is 0.250. The van der Waals surface area contributed by atoms with Crippen LogP contribution in [0.3, 0.4) is 0 Å². The molecule has 0 aliphatic carbocycles. The first-order valence-electron chi connectivity index (χ1n) is 5.42. The Balaban J connectivity index is 2.71. The van der Waals surface area contributed by atoms with Gasteiger partial charge >= 0.3 is 0 Å². The third-order valence-corrected chi connectivity index (χ3v) is 3.56. The second-order valence-electron chi connectivity index (χ2n) is 3.84. The van der Waals surface area contributed by atoms with E-state index in [4.69, 9.17) is 18.0 Å². The quantitative estimate of drug-likeness (QED) is 0.689. The third-order valence-electron chi connectivity index (χ3n) is 2.57. The number of aromatic nitrogens is 3. The van der Waals surface area contributed by atoms with Crippen LogP contribution in [0.1, 0.15) is 17.2 Å². The molecule has 1 heterocycles. The largest absolute Gasteiger partial charge is 0.389 e. The van der Waals surface area contributed by atoms with Crippen molar-refractivity contribution in [1.82, 2.24) is 14.8 Å². The summed E-state index contributed by atoms with van der Waals surface area (Å²) in [5, 5.41) is 4.38. The predicted octanol–water partition coefficient (Wildman–Crippen LogP) is 2.24. The molecule has 1 aromatic carbocycles. The van der Waals surface area contributed by atoms with Crippen LogP contribution in [0.4, 0.5) is 0 Å². The molecule has 2 N–H and O–H groups in total. The number of hydrogen-bond donors (Lipinski definition) is 1. The highest BCUT2D eigenvalue weighted by Gasteiger charge is 2.15. The number of thioether (sulfide) groups is 1. The summed E-state index contributed by atoms with van der Waals surface area (Å²) in [7, 11) is 0. The van der Waals surface area contributed by atoms with Gasteiger partial charge in [0.25, 0.3) is 0 Å². The number of aryl methyl sites for hydroxylation is 2. The van der Waals surface area contributed by atoms with Crippen molar-refractivity contribution in [2.45, 2.75) is 18.7 Å². The smallest absolute Gasteiger partial charge is 0.148 e. The Hall–Kier alpha value is -1.40. The maximum Gasteiger partial charge on any atom is 0.148 e. The molecule has 0 bridgehead atoms. The van der Waals surface area contributed by atoms with E-state index in [1.54, 1.807) is 16.4 Å². The first kappa shape index (κ1) is 13.0. The summed E-state index contributed by atoms with van der Waals surface area (Å²) in [6.45, 7) is 3.78. The van der Waals surface area contributed by atoms with E-state index >= 15 is 0 Å². The van der Waals surface area contributed by atoms with Gasteiger partial charge in [-0.2, -0.15) is 5.10 Å². The molecule has 0 saturated heterocycles. The number of thiocarbonyl (C=S) groups is 1. The molecular formula is C12H14N4S2. The summed E-state index contributed by atoms with van der Waals surface area (Å²) in [6.07, 6.45) is 2.00. The van der Waals surface area contributed by atoms with Crippen LogP contribution in [0.5, 0.6) is 0 Å². The highest BCUT2D eigenvalue weighted by atomic mass is 32.2. The van der Waals surface area contributed by atoms with Gasteiger partial charge in [0, 0.05) is 10.5 Å². The highest BCUT2D eigenvalue weighted by molar-refractivity contribution is 7.98. The van der Waals surface area contributed by atoms with Crippen LogP contribution >= 0.6 is 24.0 Å². The molecule has 0 spiro atoms. The van der Waals surface area contributed by atoms with Crippen molar-refractivity contribution in [3.05, 3.63) is 35.4 Å². The summed E-state index contributed by atoms with van der Waals surface area (Å²) < 4.78 is 1.78. The zero-order valence-electron chi connectivity index (χ0n) is 10.5. The average molecular weight is 278 g/mol. The lowest BCUT2D eigenvalue weighted by molar-refractivity contribution is 0.827. The molecule has 2 rings (SSSR count). The van der Waals surface area contributed by atoms with Crippen molar-refractivity contribution in [3.63, 3.8) is 0 Å². The molecule has 1 aromatic heterocycles. The van der Waals surface area contributed by atoms with Gasteiger partial charge in [-0.15, -0.1) is 11.8 Å². The van der Waals surface area contributed by atoms with Gasteiger partial charge in [0.05, 0.1) is 5.69 Å². The van der Waals surface area contributed by atoms with Crippen molar-refractivity contribution >= 4 is 29.0 Å². The van der Waals surface area contributed by atoms with E-state index in [1.807, 2.05) is 38.3 Å². The van der Waals surface area contributed by atoms with Crippen LogP contribution in [0.15, 0.2) is 23.1 Å². The minimum absolute atomic E-state index is 0.377. The topological polar surface area (TPSA) is 56.7 Å². The van der Waals surface area contributed by atoms with Crippen LogP contribution in [0.25, 0.3) is 5.69 Å². The van der Waals surface area contributed by atoms with E-state index < -0.39 is 0 Å². The molecule has 0 aliphatic rings. The van der Waals surface area contributed by atoms with Crippen molar-refractivity contribution in [3.8, 4) is 5.69 Å². The molecule has 94 valence electrons. The van der Waals surface area contributed by atoms with E-state index in [0.29, 0.717) is 4.99 Å². The molecule has 0 aliphatic heterocycles. The van der Waals surface area contributed by atoms with E-state index in [1.165, 1.54) is 0 Å². The van der Waals surface area contributed by atoms with Crippen molar-refractivity contribution in [2.24, 2.45) is 5.73 Å². The fourth-order valence-electron chi connectivity index (χ4n) is 1.86. The van der Waals surface area contributed by atoms with Gasteiger partial charge in [-0.25, -0.2) is 9.67 Å². The van der Waals surface area contributed by atoms with Gasteiger partial charge in [0.2, 0.25) is 0 Å². The summed E-state index contributed by atoms with van der Waals surface area (Å²) in [5.74, 6) is 1.55. The minimum Gasteiger partial charge on any atom is -0.389 e. The average Bonchev–Trinajstić information content (AvgIpc) is 2.67. The van der Waals surface area contributed by atoms with Crippen molar-refractivity contribution in [1.29, 1.82) is 0 Å². The second kappa shape index (κ2) is 5.07. The Morgan fingerprint density at radius 3 is 2.61 bits per heavy atom. The van der Waals surface area contributed by atoms with Crippen LogP contribution in [0.2, 0.25) is 0 Å². The van der Waals surface area contributed by atoms with Gasteiger partial charge in [-0.1, -0.05) is 18.3 Å². The monoisotopic (exact) mass is 278 g/mol. The molecule has 6 heteroatoms. The van der Waals surface area contributed by atoms with Gasteiger partial charge < -0.3 is 5.73 Å². The van der Waals surface area contributed by atoms with Gasteiger partial charge in [0.15, 0.2) is 0 Å². The summed E-state index contributed by atoms with van der Waals surface area (Å²) in [5.41, 5.74) is 7.58. The molecule has 18 heavy (non-hydrogen) atoms. The maximum absolute atomic E-state index is 5.84. The lowest BCUT2D eigenvalue weighted by Crippen LogP contribution is -2.16. The van der Waals surface area contributed by atoms with Crippen LogP contribution in [0, 0.1) is 13.8 Å². The van der Waals surface area contributed by atoms with Gasteiger partial charge in [-0.05, 0) is 32.2 Å². The van der Waals surface area contributed by atoms with Crippen molar-refractivity contribution in [2.75, 3.05) is 6.26 Å². The molecule has 4 nitrogen and oxygen atoms in total. The SMILES string of the molecule is CSc1cccc(-n2nc(C)nc2C)c1C(N)=S. The predicted molar refractivity (Wildman–Crippen MR) is 78.5 cm³/mol. The molecule has 0 unspecified atom stereocenters. The van der Waals surface area contributed by atoms with Gasteiger partial charge in [0.1, 0.15) is 16.6 Å². The van der Waals surface area contributed by atoms with E-state index in [9.17, 15) is 0 Å². The highest BCUT2D eigenvalue weighted by Crippen LogP contribution is 2.26. The molecule has 0 saturated carbocycles. The van der Waals surface area contributed by atoms with E-state index in [0.717, 1.165) is 27.8 Å². The summed E-state index contributed by atoms with van der Waals surface area (Å²) in [6, 6.07) is 5.93. The molecule has 0 fully saturated rings. The number of benzene rings is 1. The number of nitrogens with zero attached hydrogens (tertiary/aromatic N) is 3. The first-order chi connectivity index (χ1) is 8.54. The zero-order valence-corrected chi connectivity index (χ0v) is 12.1. The summed E-state index contributed by atoms with van der Waals surface area (Å²) in [4.78, 5) is 5.73. The molecule has 0 atom stereocenters. The summed E-state index contributed by atoms with van der Waals surface area (Å²) >= 11 is 6.77. The number of nitrogens with two attached hydrogens (primary N) is 1. The van der Waals surface area contributed by atoms with Crippen LogP contribution < -0.4 is 5.73 Å². The standard InChI is InChI=1S/C12H14N4S2/c1-7-14-8(2)16(15-7)9-5-4-6-10(18-3)11(9)12(13)17/h4-6H,1-3H3,(H2,13,17). The van der Waals surface area contributed by atoms with E-state index in [-0.39, 0.29) is 0 Å². The normalized spacial score (nSPS) is 10.6. The minimum atomic E-state index is 0.377.